The second-order valence-corrected chi connectivity index (χ2v) is 5.70. The molecule has 2 heterocycles. The summed E-state index contributed by atoms with van der Waals surface area (Å²) in [4.78, 5) is 0. The van der Waals surface area contributed by atoms with Crippen molar-refractivity contribution in [1.29, 1.82) is 0 Å². The predicted molar refractivity (Wildman–Crippen MR) is 75.2 cm³/mol. The van der Waals surface area contributed by atoms with Gasteiger partial charge in [0.15, 0.2) is 5.16 Å². The van der Waals surface area contributed by atoms with E-state index in [1.807, 2.05) is 25.6 Å². The number of hydrogen-bond donors (Lipinski definition) is 1. The molecule has 2 aromatic rings. The Hall–Kier alpha value is -0.700. The van der Waals surface area contributed by atoms with Crippen LogP contribution in [0.25, 0.3) is 0 Å². The Morgan fingerprint density at radius 3 is 2.67 bits per heavy atom. The molecule has 2 aromatic heterocycles. The van der Waals surface area contributed by atoms with Crippen LogP contribution in [0.4, 0.5) is 0 Å². The molecule has 0 amide bonds. The lowest BCUT2D eigenvalue weighted by Gasteiger charge is -2.01. The molecule has 0 fully saturated rings. The van der Waals surface area contributed by atoms with Gasteiger partial charge in [-0.1, -0.05) is 11.8 Å². The average molecular weight is 307 g/mol. The Morgan fingerprint density at radius 2 is 2.06 bits per heavy atom. The molecule has 100 valence electrons. The van der Waals surface area contributed by atoms with E-state index in [0.717, 1.165) is 33.3 Å². The highest BCUT2D eigenvalue weighted by atomic mass is 35.5. The molecule has 0 aliphatic rings. The molecule has 0 atom stereocenters. The topological polar surface area (TPSA) is 68.5 Å². The van der Waals surface area contributed by atoms with Gasteiger partial charge in [-0.05, 0) is 14.0 Å². The lowest BCUT2D eigenvalue weighted by molar-refractivity contribution is 0.682. The number of rotatable bonds is 5. The molecule has 0 aliphatic carbocycles. The third-order valence-corrected chi connectivity index (χ3v) is 4.21. The van der Waals surface area contributed by atoms with Crippen LogP contribution >= 0.6 is 35.5 Å². The maximum Gasteiger partial charge on any atom is 0.191 e. The largest absolute Gasteiger partial charge is 0.313 e. The molecule has 6 nitrogen and oxygen atoms in total. The zero-order valence-corrected chi connectivity index (χ0v) is 12.8. The lowest BCUT2D eigenvalue weighted by atomic mass is 10.6. The van der Waals surface area contributed by atoms with Crippen LogP contribution in [-0.4, -0.2) is 32.0 Å². The zero-order chi connectivity index (χ0) is 12.3. The summed E-state index contributed by atoms with van der Waals surface area (Å²) in [6.45, 7) is 2.68. The molecule has 0 saturated carbocycles. The van der Waals surface area contributed by atoms with E-state index in [1.54, 1.807) is 23.1 Å². The lowest BCUT2D eigenvalue weighted by Crippen LogP contribution is -2.10. The van der Waals surface area contributed by atoms with Gasteiger partial charge in [0.1, 0.15) is 15.8 Å². The van der Waals surface area contributed by atoms with Crippen LogP contribution in [0.1, 0.15) is 15.8 Å². The zero-order valence-electron chi connectivity index (χ0n) is 10.4. The fourth-order valence-electron chi connectivity index (χ4n) is 1.30. The molecule has 0 aromatic carbocycles. The molecular weight excluding hydrogens is 292 g/mol. The van der Waals surface area contributed by atoms with Crippen molar-refractivity contribution in [2.24, 2.45) is 7.05 Å². The number of thioether (sulfide) groups is 1. The monoisotopic (exact) mass is 306 g/mol. The minimum Gasteiger partial charge on any atom is -0.313 e. The SMILES string of the molecule is CNCc1nnc(SCc2nnc(C)s2)n1C.Cl. The van der Waals surface area contributed by atoms with Crippen molar-refractivity contribution in [3.05, 3.63) is 15.8 Å². The highest BCUT2D eigenvalue weighted by Gasteiger charge is 2.09. The number of hydrogen-bond acceptors (Lipinski definition) is 7. The predicted octanol–water partition coefficient (Wildman–Crippen LogP) is 1.41. The van der Waals surface area contributed by atoms with Gasteiger partial charge in [0.25, 0.3) is 0 Å². The van der Waals surface area contributed by atoms with Gasteiger partial charge < -0.3 is 9.88 Å². The van der Waals surface area contributed by atoms with E-state index in [-0.39, 0.29) is 12.4 Å². The number of nitrogens with one attached hydrogen (secondary N) is 1. The van der Waals surface area contributed by atoms with Crippen molar-refractivity contribution in [1.82, 2.24) is 30.3 Å². The number of nitrogens with zero attached hydrogens (tertiary/aromatic N) is 5. The molecule has 0 spiro atoms. The number of halogens is 1. The summed E-state index contributed by atoms with van der Waals surface area (Å²) in [6.07, 6.45) is 0. The first-order chi connectivity index (χ1) is 8.20. The molecule has 0 unspecified atom stereocenters. The van der Waals surface area contributed by atoms with Gasteiger partial charge in [-0.15, -0.1) is 44.1 Å². The standard InChI is InChI=1S/C9H14N6S2.ClH/c1-6-11-13-8(17-6)5-16-9-14-12-7(4-10-2)15(9)3;/h10H,4-5H2,1-3H3;1H. The third kappa shape index (κ3) is 3.64. The van der Waals surface area contributed by atoms with Crippen LogP contribution in [0.15, 0.2) is 5.16 Å². The summed E-state index contributed by atoms with van der Waals surface area (Å²) >= 11 is 3.25. The number of aromatic nitrogens is 5. The van der Waals surface area contributed by atoms with E-state index in [1.165, 1.54) is 0 Å². The third-order valence-electron chi connectivity index (χ3n) is 2.15. The highest BCUT2D eigenvalue weighted by molar-refractivity contribution is 7.98. The number of aryl methyl sites for hydroxylation is 1. The maximum absolute atomic E-state index is 4.15. The van der Waals surface area contributed by atoms with Crippen LogP contribution < -0.4 is 5.32 Å². The van der Waals surface area contributed by atoms with E-state index in [9.17, 15) is 0 Å². The molecule has 0 saturated heterocycles. The fourth-order valence-corrected chi connectivity index (χ4v) is 2.93. The van der Waals surface area contributed by atoms with Gasteiger partial charge in [-0.2, -0.15) is 0 Å². The second-order valence-electron chi connectivity index (χ2n) is 3.49. The summed E-state index contributed by atoms with van der Waals surface area (Å²) in [5, 5.41) is 22.3. The van der Waals surface area contributed by atoms with E-state index < -0.39 is 0 Å². The summed E-state index contributed by atoms with van der Waals surface area (Å²) in [6, 6.07) is 0. The quantitative estimate of drug-likeness (QED) is 0.842. The molecule has 2 rings (SSSR count). The Bertz CT molecular complexity index is 497. The second kappa shape index (κ2) is 7.03. The van der Waals surface area contributed by atoms with Gasteiger partial charge in [0.2, 0.25) is 0 Å². The van der Waals surface area contributed by atoms with Crippen molar-refractivity contribution in [3.8, 4) is 0 Å². The smallest absolute Gasteiger partial charge is 0.191 e. The molecule has 0 bridgehead atoms. The first-order valence-electron chi connectivity index (χ1n) is 5.15. The van der Waals surface area contributed by atoms with E-state index in [0.29, 0.717) is 0 Å². The van der Waals surface area contributed by atoms with E-state index in [4.69, 9.17) is 0 Å². The van der Waals surface area contributed by atoms with Gasteiger partial charge in [0, 0.05) is 7.05 Å². The normalized spacial score (nSPS) is 10.4. The van der Waals surface area contributed by atoms with Crippen molar-refractivity contribution in [2.45, 2.75) is 24.4 Å². The minimum absolute atomic E-state index is 0. The first kappa shape index (κ1) is 15.4. The minimum atomic E-state index is 0. The van der Waals surface area contributed by atoms with Gasteiger partial charge >= 0.3 is 0 Å². The maximum atomic E-state index is 4.15. The van der Waals surface area contributed by atoms with E-state index in [2.05, 4.69) is 25.7 Å². The molecule has 0 aliphatic heterocycles. The average Bonchev–Trinajstić information content (AvgIpc) is 2.86. The summed E-state index contributed by atoms with van der Waals surface area (Å²) in [7, 11) is 3.87. The molecular formula is C9H15ClN6S2. The summed E-state index contributed by atoms with van der Waals surface area (Å²) in [5.74, 6) is 1.72. The van der Waals surface area contributed by atoms with E-state index >= 15 is 0 Å². The van der Waals surface area contributed by atoms with Crippen LogP contribution in [0, 0.1) is 6.92 Å². The Balaban J connectivity index is 0.00000162. The van der Waals surface area contributed by atoms with Crippen LogP contribution in [0.3, 0.4) is 0 Å². The molecule has 18 heavy (non-hydrogen) atoms. The van der Waals surface area contributed by atoms with Crippen LogP contribution in [0.2, 0.25) is 0 Å². The Morgan fingerprint density at radius 1 is 1.28 bits per heavy atom. The van der Waals surface area contributed by atoms with Crippen molar-refractivity contribution >= 4 is 35.5 Å². The van der Waals surface area contributed by atoms with Gasteiger partial charge in [-0.3, -0.25) is 0 Å². The first-order valence-corrected chi connectivity index (χ1v) is 6.95. The molecule has 1 N–H and O–H groups in total. The fraction of sp³-hybridized carbons (Fsp3) is 0.556. The molecule has 0 radical (unpaired) electrons. The summed E-state index contributed by atoms with van der Waals surface area (Å²) < 4.78 is 2.00. The van der Waals surface area contributed by atoms with Crippen LogP contribution in [-0.2, 0) is 19.3 Å². The van der Waals surface area contributed by atoms with Crippen molar-refractivity contribution < 1.29 is 0 Å². The van der Waals surface area contributed by atoms with Gasteiger partial charge in [-0.25, -0.2) is 0 Å². The molecule has 9 heteroatoms. The van der Waals surface area contributed by atoms with Crippen molar-refractivity contribution in [2.75, 3.05) is 7.05 Å². The van der Waals surface area contributed by atoms with Crippen LogP contribution in [0.5, 0.6) is 0 Å². The van der Waals surface area contributed by atoms with Gasteiger partial charge in [0.05, 0.1) is 12.3 Å². The Labute approximate surface area is 120 Å². The summed E-state index contributed by atoms with van der Waals surface area (Å²) in [5.41, 5.74) is 0. The highest BCUT2D eigenvalue weighted by Crippen LogP contribution is 2.22. The van der Waals surface area contributed by atoms with Crippen molar-refractivity contribution in [3.63, 3.8) is 0 Å². The Kier molecular flexibility index (Phi) is 6.00.